The molecule has 128 valence electrons. The van der Waals surface area contributed by atoms with Crippen LogP contribution in [-0.4, -0.2) is 46.2 Å². The van der Waals surface area contributed by atoms with Crippen LogP contribution in [0.4, 0.5) is 10.5 Å². The van der Waals surface area contributed by atoms with Gasteiger partial charge >= 0.3 is 12.1 Å². The van der Waals surface area contributed by atoms with Crippen molar-refractivity contribution in [2.75, 3.05) is 11.9 Å². The predicted molar refractivity (Wildman–Crippen MR) is 85.7 cm³/mol. The second-order valence-corrected chi connectivity index (χ2v) is 6.95. The van der Waals surface area contributed by atoms with Gasteiger partial charge in [0, 0.05) is 12.2 Å². The second kappa shape index (κ2) is 5.22. The Hall–Kier alpha value is -2.57. The van der Waals surface area contributed by atoms with Gasteiger partial charge in [0.1, 0.15) is 11.6 Å². The standard InChI is InChI=1S/C17H20N2O5/c1-16(2,3)24-15(23)19-9-17(8-12(19)13(20)21)10-6-4-5-7-11(10)18-14(17)22/h4-7,12H,8-9H2,1-3H3,(H,18,22)(H,20,21)/t12-,17-/m0/s1/i4D,5D,6D,7D. The van der Waals surface area contributed by atoms with E-state index in [1.165, 1.54) is 0 Å². The molecule has 1 aromatic rings. The number of rotatable bonds is 1. The number of nitrogens with zero attached hydrogens (tertiary/aromatic N) is 1. The molecule has 1 saturated heterocycles. The maximum Gasteiger partial charge on any atom is 0.411 e. The van der Waals surface area contributed by atoms with Crippen molar-refractivity contribution in [3.8, 4) is 0 Å². The minimum atomic E-state index is -1.59. The molecule has 2 heterocycles. The predicted octanol–water partition coefficient (Wildman–Crippen LogP) is 1.97. The van der Waals surface area contributed by atoms with Crippen LogP contribution in [0.15, 0.2) is 24.2 Å². The maximum absolute atomic E-state index is 12.8. The number of nitrogens with one attached hydrogen (secondary N) is 1. The van der Waals surface area contributed by atoms with E-state index in [-0.39, 0.29) is 24.2 Å². The molecule has 0 aromatic heterocycles. The molecule has 2 N–H and O–H groups in total. The molecule has 24 heavy (non-hydrogen) atoms. The summed E-state index contributed by atoms with van der Waals surface area (Å²) in [7, 11) is 0. The van der Waals surface area contributed by atoms with E-state index >= 15 is 0 Å². The van der Waals surface area contributed by atoms with Crippen molar-refractivity contribution >= 4 is 23.7 Å². The molecule has 1 aromatic carbocycles. The molecule has 2 atom stereocenters. The van der Waals surface area contributed by atoms with Gasteiger partial charge in [-0.05, 0) is 38.8 Å². The normalized spacial score (nSPS) is 27.9. The fraction of sp³-hybridized carbons (Fsp3) is 0.471. The monoisotopic (exact) mass is 336 g/mol. The summed E-state index contributed by atoms with van der Waals surface area (Å²) in [6, 6.07) is -3.24. The van der Waals surface area contributed by atoms with Crippen LogP contribution in [0.2, 0.25) is 0 Å². The van der Waals surface area contributed by atoms with Crippen molar-refractivity contribution in [3.05, 3.63) is 29.7 Å². The Labute approximate surface area is 145 Å². The van der Waals surface area contributed by atoms with E-state index in [9.17, 15) is 19.5 Å². The third-order valence-electron chi connectivity index (χ3n) is 4.11. The maximum atomic E-state index is 12.8. The van der Waals surface area contributed by atoms with E-state index in [1.807, 2.05) is 0 Å². The van der Waals surface area contributed by atoms with Gasteiger partial charge in [0.2, 0.25) is 5.91 Å². The van der Waals surface area contributed by atoms with Gasteiger partial charge in [-0.15, -0.1) is 0 Å². The molecule has 2 aliphatic rings. The minimum Gasteiger partial charge on any atom is -0.480 e. The number of fused-ring (bicyclic) bond motifs is 2. The summed E-state index contributed by atoms with van der Waals surface area (Å²) in [5.41, 5.74) is -2.56. The number of carboxylic acid groups (broad SMARTS) is 1. The second-order valence-electron chi connectivity index (χ2n) is 6.95. The van der Waals surface area contributed by atoms with E-state index in [4.69, 9.17) is 10.2 Å². The molecule has 2 amide bonds. The van der Waals surface area contributed by atoms with Crippen LogP contribution in [0, 0.1) is 0 Å². The highest BCUT2D eigenvalue weighted by Gasteiger charge is 2.58. The van der Waals surface area contributed by atoms with Gasteiger partial charge in [-0.3, -0.25) is 9.69 Å². The van der Waals surface area contributed by atoms with Crippen molar-refractivity contribution in [3.63, 3.8) is 0 Å². The lowest BCUT2D eigenvalue weighted by atomic mass is 9.79. The Morgan fingerprint density at radius 3 is 2.71 bits per heavy atom. The number of hydrogen-bond donors (Lipinski definition) is 2. The van der Waals surface area contributed by atoms with Crippen LogP contribution in [0.5, 0.6) is 0 Å². The van der Waals surface area contributed by atoms with Gasteiger partial charge in [-0.25, -0.2) is 9.59 Å². The summed E-state index contributed by atoms with van der Waals surface area (Å²) in [5.74, 6) is -1.99. The Kier molecular flexibility index (Phi) is 2.59. The largest absolute Gasteiger partial charge is 0.480 e. The summed E-state index contributed by atoms with van der Waals surface area (Å²) < 4.78 is 37.2. The summed E-state index contributed by atoms with van der Waals surface area (Å²) >= 11 is 0. The fourth-order valence-corrected chi connectivity index (χ4v) is 3.10. The van der Waals surface area contributed by atoms with E-state index in [2.05, 4.69) is 5.32 Å². The van der Waals surface area contributed by atoms with Gasteiger partial charge < -0.3 is 15.2 Å². The molecule has 7 nitrogen and oxygen atoms in total. The molecule has 0 saturated carbocycles. The average Bonchev–Trinajstić information content (AvgIpc) is 3.10. The zero-order chi connectivity index (χ0) is 21.2. The molecule has 1 spiro atoms. The first kappa shape index (κ1) is 11.9. The van der Waals surface area contributed by atoms with Crippen LogP contribution in [0.25, 0.3) is 0 Å². The summed E-state index contributed by atoms with van der Waals surface area (Å²) in [4.78, 5) is 38.1. The lowest BCUT2D eigenvalue weighted by Crippen LogP contribution is -2.44. The fourth-order valence-electron chi connectivity index (χ4n) is 3.10. The van der Waals surface area contributed by atoms with Crippen molar-refractivity contribution in [1.29, 1.82) is 0 Å². The number of amides is 2. The highest BCUT2D eigenvalue weighted by atomic mass is 16.6. The Balaban J connectivity index is 2.13. The highest BCUT2D eigenvalue weighted by molar-refractivity contribution is 6.07. The number of benzene rings is 1. The number of ether oxygens (including phenoxy) is 1. The van der Waals surface area contributed by atoms with Crippen LogP contribution >= 0.6 is 0 Å². The first-order valence-corrected chi connectivity index (χ1v) is 7.45. The quantitative estimate of drug-likeness (QED) is 0.817. The van der Waals surface area contributed by atoms with Gasteiger partial charge in [-0.1, -0.05) is 18.1 Å². The topological polar surface area (TPSA) is 95.9 Å². The first-order valence-electron chi connectivity index (χ1n) is 9.45. The van der Waals surface area contributed by atoms with Crippen molar-refractivity contribution < 1.29 is 29.7 Å². The first-order chi connectivity index (χ1) is 12.8. The van der Waals surface area contributed by atoms with Crippen LogP contribution in [0.1, 0.15) is 38.2 Å². The van der Waals surface area contributed by atoms with E-state index in [1.54, 1.807) is 20.8 Å². The van der Waals surface area contributed by atoms with E-state index in [0.29, 0.717) is 0 Å². The number of aliphatic carboxylic acids is 1. The van der Waals surface area contributed by atoms with Crippen LogP contribution in [0.3, 0.4) is 0 Å². The number of carboxylic acids is 1. The van der Waals surface area contributed by atoms with Crippen molar-refractivity contribution in [2.24, 2.45) is 0 Å². The summed E-state index contributed by atoms with van der Waals surface area (Å²) in [5, 5.41) is 12.1. The molecule has 2 aliphatic heterocycles. The molecule has 0 bridgehead atoms. The Morgan fingerprint density at radius 2 is 2.08 bits per heavy atom. The molecule has 0 radical (unpaired) electrons. The summed E-state index contributed by atoms with van der Waals surface area (Å²) in [6.45, 7) is 4.52. The molecule has 0 unspecified atom stereocenters. The minimum absolute atomic E-state index is 0.0131. The number of para-hydroxylation sites is 1. The smallest absolute Gasteiger partial charge is 0.411 e. The average molecular weight is 336 g/mol. The zero-order valence-electron chi connectivity index (χ0n) is 17.5. The number of carbonyl (C=O) groups excluding carboxylic acids is 2. The molecule has 7 heteroatoms. The Morgan fingerprint density at radius 1 is 1.42 bits per heavy atom. The molecule has 1 fully saturated rings. The number of likely N-dealkylation sites (tertiary alicyclic amines) is 1. The van der Waals surface area contributed by atoms with Gasteiger partial charge in [0.15, 0.2) is 0 Å². The third kappa shape index (κ3) is 2.50. The van der Waals surface area contributed by atoms with Gasteiger partial charge in [-0.2, -0.15) is 0 Å². The molecular formula is C17H20N2O5. The van der Waals surface area contributed by atoms with Gasteiger partial charge in [0.05, 0.1) is 10.9 Å². The van der Waals surface area contributed by atoms with Gasteiger partial charge in [0.25, 0.3) is 0 Å². The zero-order valence-corrected chi connectivity index (χ0v) is 13.5. The third-order valence-corrected chi connectivity index (χ3v) is 4.11. The lowest BCUT2D eigenvalue weighted by molar-refractivity contribution is -0.142. The van der Waals surface area contributed by atoms with Crippen molar-refractivity contribution in [2.45, 2.75) is 44.2 Å². The molecule has 3 rings (SSSR count). The highest BCUT2D eigenvalue weighted by Crippen LogP contribution is 2.46. The van der Waals surface area contributed by atoms with Crippen LogP contribution in [-0.2, 0) is 19.7 Å². The Bertz CT molecular complexity index is 914. The van der Waals surface area contributed by atoms with E-state index < -0.39 is 59.2 Å². The number of hydrogen-bond acceptors (Lipinski definition) is 4. The lowest BCUT2D eigenvalue weighted by Gasteiger charge is -2.27. The van der Waals surface area contributed by atoms with Crippen molar-refractivity contribution in [1.82, 2.24) is 4.90 Å². The number of anilines is 1. The van der Waals surface area contributed by atoms with E-state index in [0.717, 1.165) is 4.90 Å². The molecular weight excluding hydrogens is 312 g/mol. The van der Waals surface area contributed by atoms with Crippen LogP contribution < -0.4 is 5.32 Å². The summed E-state index contributed by atoms with van der Waals surface area (Å²) in [6.07, 6.45) is -1.22. The SMILES string of the molecule is [2H]c1c([2H])c([2H])c2c(c1[2H])NC(=O)[C@]21C[C@@H](C(=O)O)N(C(=O)OC(C)(C)C)C1. The number of carbonyl (C=O) groups is 3. The molecule has 0 aliphatic carbocycles.